The number of primary amides is 1. The maximum Gasteiger partial charge on any atom is 0.338 e. The van der Waals surface area contributed by atoms with E-state index in [-0.39, 0.29) is 22.7 Å². The topological polar surface area (TPSA) is 134 Å². The van der Waals surface area contributed by atoms with Gasteiger partial charge in [0.05, 0.1) is 16.1 Å². The van der Waals surface area contributed by atoms with Crippen LogP contribution in [0.1, 0.15) is 28.4 Å². The van der Waals surface area contributed by atoms with Crippen LogP contribution >= 0.6 is 11.6 Å². The normalized spacial score (nSPS) is 11.0. The highest BCUT2D eigenvalue weighted by Crippen LogP contribution is 2.20. The fourth-order valence-electron chi connectivity index (χ4n) is 2.16. The van der Waals surface area contributed by atoms with Gasteiger partial charge in [-0.3, -0.25) is 4.79 Å². The maximum atomic E-state index is 12.2. The highest BCUT2D eigenvalue weighted by molar-refractivity contribution is 6.32. The van der Waals surface area contributed by atoms with E-state index in [2.05, 4.69) is 10.6 Å². The number of nitrogens with two attached hydrogens (primary N) is 1. The van der Waals surface area contributed by atoms with Crippen molar-refractivity contribution in [2.24, 2.45) is 5.73 Å². The Hall–Kier alpha value is -3.57. The molecule has 0 saturated carbocycles. The second kappa shape index (κ2) is 9.39. The average Bonchev–Trinajstić information content (AvgIpc) is 2.66. The van der Waals surface area contributed by atoms with E-state index in [9.17, 15) is 14.4 Å². The van der Waals surface area contributed by atoms with Crippen molar-refractivity contribution in [2.75, 3.05) is 5.32 Å². The summed E-state index contributed by atoms with van der Waals surface area (Å²) >= 11 is 5.92. The predicted octanol–water partition coefficient (Wildman–Crippen LogP) is 2.56. The number of carbonyl (C=O) groups excluding carboxylic acids is 3. The van der Waals surface area contributed by atoms with Gasteiger partial charge in [-0.1, -0.05) is 23.7 Å². The molecule has 0 heterocycles. The van der Waals surface area contributed by atoms with Gasteiger partial charge in [-0.15, -0.1) is 0 Å². The van der Waals surface area contributed by atoms with Crippen LogP contribution in [0.2, 0.25) is 5.02 Å². The van der Waals surface area contributed by atoms with Gasteiger partial charge in [-0.2, -0.15) is 5.26 Å². The minimum absolute atomic E-state index is 0.205. The first-order chi connectivity index (χ1) is 13.3. The third-order valence-electron chi connectivity index (χ3n) is 3.67. The smallest absolute Gasteiger partial charge is 0.338 e. The summed E-state index contributed by atoms with van der Waals surface area (Å²) in [5.41, 5.74) is 6.66. The molecule has 0 radical (unpaired) electrons. The average molecular weight is 401 g/mol. The van der Waals surface area contributed by atoms with Gasteiger partial charge in [0.25, 0.3) is 5.91 Å². The molecule has 2 aromatic rings. The quantitative estimate of drug-likeness (QED) is 0.640. The van der Waals surface area contributed by atoms with E-state index in [0.29, 0.717) is 5.69 Å². The highest BCUT2D eigenvalue weighted by Gasteiger charge is 2.19. The lowest BCUT2D eigenvalue weighted by Gasteiger charge is -2.14. The summed E-state index contributed by atoms with van der Waals surface area (Å²) in [6, 6.07) is 12.0. The van der Waals surface area contributed by atoms with E-state index in [4.69, 9.17) is 27.3 Å². The monoisotopic (exact) mass is 400 g/mol. The minimum atomic E-state index is -1.06. The number of amides is 3. The Kier molecular flexibility index (Phi) is 6.96. The maximum absolute atomic E-state index is 12.2. The minimum Gasteiger partial charge on any atom is -0.449 e. The summed E-state index contributed by atoms with van der Waals surface area (Å²) < 4.78 is 5.16. The first-order valence-electron chi connectivity index (χ1n) is 8.14. The summed E-state index contributed by atoms with van der Waals surface area (Å²) in [5.74, 6) is -1.22. The summed E-state index contributed by atoms with van der Waals surface area (Å²) in [4.78, 5) is 35.1. The third kappa shape index (κ3) is 5.72. The second-order valence-electron chi connectivity index (χ2n) is 5.76. The zero-order valence-corrected chi connectivity index (χ0v) is 15.6. The molecule has 1 unspecified atom stereocenters. The van der Waals surface area contributed by atoms with Gasteiger partial charge < -0.3 is 21.1 Å². The number of hydrogen-bond donors (Lipinski definition) is 3. The van der Waals surface area contributed by atoms with Crippen molar-refractivity contribution in [3.8, 4) is 6.07 Å². The van der Waals surface area contributed by atoms with E-state index < -0.39 is 24.0 Å². The van der Waals surface area contributed by atoms with Crippen LogP contribution in [0.15, 0.2) is 42.5 Å². The van der Waals surface area contributed by atoms with Gasteiger partial charge in [-0.05, 0) is 42.8 Å². The van der Waals surface area contributed by atoms with Gasteiger partial charge >= 0.3 is 12.0 Å². The van der Waals surface area contributed by atoms with Crippen LogP contribution in [0.4, 0.5) is 10.5 Å². The number of urea groups is 1. The number of anilines is 1. The molecular weight excluding hydrogens is 384 g/mol. The lowest BCUT2D eigenvalue weighted by Crippen LogP contribution is -2.30. The van der Waals surface area contributed by atoms with Gasteiger partial charge in [0.1, 0.15) is 6.07 Å². The van der Waals surface area contributed by atoms with E-state index in [1.54, 1.807) is 12.1 Å². The van der Waals surface area contributed by atoms with Crippen molar-refractivity contribution >= 4 is 35.2 Å². The Morgan fingerprint density at radius 2 is 1.89 bits per heavy atom. The van der Waals surface area contributed by atoms with Gasteiger partial charge in [0, 0.05) is 12.2 Å². The van der Waals surface area contributed by atoms with Crippen LogP contribution in [-0.2, 0) is 16.1 Å². The van der Waals surface area contributed by atoms with Crippen LogP contribution < -0.4 is 16.4 Å². The summed E-state index contributed by atoms with van der Waals surface area (Å²) in [6.45, 7) is 1.67. The number of benzene rings is 2. The Morgan fingerprint density at radius 1 is 1.21 bits per heavy atom. The summed E-state index contributed by atoms with van der Waals surface area (Å²) in [5, 5.41) is 14.1. The van der Waals surface area contributed by atoms with Crippen LogP contribution in [0, 0.1) is 11.3 Å². The van der Waals surface area contributed by atoms with Gasteiger partial charge in [-0.25, -0.2) is 9.59 Å². The molecule has 4 N–H and O–H groups in total. The van der Waals surface area contributed by atoms with Crippen LogP contribution in [0.25, 0.3) is 0 Å². The first kappa shape index (κ1) is 20.7. The molecule has 0 aromatic heterocycles. The largest absolute Gasteiger partial charge is 0.449 e. The van der Waals surface area contributed by atoms with Crippen LogP contribution in [0.5, 0.6) is 0 Å². The lowest BCUT2D eigenvalue weighted by molar-refractivity contribution is -0.123. The first-order valence-corrected chi connectivity index (χ1v) is 8.51. The van der Waals surface area contributed by atoms with E-state index in [1.165, 1.54) is 37.3 Å². The Morgan fingerprint density at radius 3 is 2.46 bits per heavy atom. The molecule has 0 bridgehead atoms. The Bertz CT molecular complexity index is 938. The van der Waals surface area contributed by atoms with Gasteiger partial charge in [0.2, 0.25) is 0 Å². The zero-order chi connectivity index (χ0) is 20.7. The molecule has 9 heteroatoms. The highest BCUT2D eigenvalue weighted by atomic mass is 35.5. The number of ether oxygens (including phenoxy) is 1. The van der Waals surface area contributed by atoms with Crippen molar-refractivity contribution in [2.45, 2.75) is 19.6 Å². The zero-order valence-electron chi connectivity index (χ0n) is 14.9. The van der Waals surface area contributed by atoms with Crippen molar-refractivity contribution in [1.29, 1.82) is 5.26 Å². The van der Waals surface area contributed by atoms with Crippen LogP contribution in [-0.4, -0.2) is 24.0 Å². The number of nitrogens with one attached hydrogen (secondary N) is 2. The number of carbonyl (C=O) groups is 3. The van der Waals surface area contributed by atoms with Crippen LogP contribution in [0.3, 0.4) is 0 Å². The molecule has 3 amide bonds. The summed E-state index contributed by atoms with van der Waals surface area (Å²) in [6.07, 6.45) is -1.06. The molecule has 0 saturated heterocycles. The van der Waals surface area contributed by atoms with Crippen molar-refractivity contribution in [1.82, 2.24) is 5.32 Å². The second-order valence-corrected chi connectivity index (χ2v) is 6.17. The molecule has 144 valence electrons. The SMILES string of the molecule is CC(OC(=O)c1ccc(CNC(N)=O)cc1)C(=O)Nc1ccc(C#N)c(Cl)c1. The number of hydrogen-bond acceptors (Lipinski definition) is 5. The number of nitrogens with zero attached hydrogens (tertiary/aromatic N) is 1. The molecule has 0 spiro atoms. The molecule has 8 nitrogen and oxygen atoms in total. The molecule has 2 aromatic carbocycles. The van der Waals surface area contributed by atoms with E-state index >= 15 is 0 Å². The van der Waals surface area contributed by atoms with Gasteiger partial charge in [0.15, 0.2) is 6.10 Å². The molecule has 0 aliphatic heterocycles. The van der Waals surface area contributed by atoms with E-state index in [0.717, 1.165) is 5.56 Å². The van der Waals surface area contributed by atoms with E-state index in [1.807, 2.05) is 6.07 Å². The van der Waals surface area contributed by atoms with Crippen molar-refractivity contribution in [3.63, 3.8) is 0 Å². The third-order valence-corrected chi connectivity index (χ3v) is 3.98. The Balaban J connectivity index is 1.94. The Labute approximate surface area is 166 Å². The lowest BCUT2D eigenvalue weighted by atomic mass is 10.1. The van der Waals surface area contributed by atoms with Crippen molar-refractivity contribution in [3.05, 3.63) is 64.2 Å². The molecule has 0 fully saturated rings. The fourth-order valence-corrected chi connectivity index (χ4v) is 2.38. The molecule has 0 aliphatic rings. The molecule has 2 rings (SSSR count). The van der Waals surface area contributed by atoms with Crippen molar-refractivity contribution < 1.29 is 19.1 Å². The molecular formula is C19H17ClN4O4. The number of nitriles is 1. The fraction of sp³-hybridized carbons (Fsp3) is 0.158. The number of rotatable bonds is 6. The predicted molar refractivity (Wildman–Crippen MR) is 103 cm³/mol. The number of esters is 1. The standard InChI is InChI=1S/C19H17ClN4O4/c1-11(17(25)24-15-7-6-14(9-21)16(20)8-15)28-18(26)13-4-2-12(3-5-13)10-23-19(22)27/h2-8,11H,10H2,1H3,(H,24,25)(H3,22,23,27). The molecule has 0 aliphatic carbocycles. The summed E-state index contributed by atoms with van der Waals surface area (Å²) in [7, 11) is 0. The molecule has 28 heavy (non-hydrogen) atoms. The molecule has 1 atom stereocenters. The number of halogens is 1.